The lowest BCUT2D eigenvalue weighted by atomic mass is 10.1. The Bertz CT molecular complexity index is 1400. The highest BCUT2D eigenvalue weighted by Crippen LogP contribution is 2.25. The van der Waals surface area contributed by atoms with E-state index >= 15 is 0 Å². The van der Waals surface area contributed by atoms with E-state index in [4.69, 9.17) is 4.74 Å². The molecular formula is C27H21N5O3. The molecule has 2 heterocycles. The predicted molar refractivity (Wildman–Crippen MR) is 131 cm³/mol. The van der Waals surface area contributed by atoms with E-state index < -0.39 is 11.9 Å². The van der Waals surface area contributed by atoms with Crippen molar-refractivity contribution < 1.29 is 14.3 Å². The van der Waals surface area contributed by atoms with Crippen molar-refractivity contribution in [3.8, 4) is 23.0 Å². The van der Waals surface area contributed by atoms with Crippen molar-refractivity contribution in [3.05, 3.63) is 102 Å². The molecule has 0 radical (unpaired) electrons. The Kier molecular flexibility index (Phi) is 7.09. The molecule has 8 heteroatoms. The summed E-state index contributed by atoms with van der Waals surface area (Å²) in [6.07, 6.45) is 6.59. The lowest BCUT2D eigenvalue weighted by molar-refractivity contribution is -0.112. The zero-order valence-corrected chi connectivity index (χ0v) is 18.9. The molecule has 2 aromatic carbocycles. The summed E-state index contributed by atoms with van der Waals surface area (Å²) in [5.41, 5.74) is 3.47. The van der Waals surface area contributed by atoms with Crippen LogP contribution in [0.25, 0.3) is 23.0 Å². The molecule has 172 valence electrons. The molecule has 2 aromatic heterocycles. The maximum Gasteiger partial charge on any atom is 0.338 e. The first-order valence-electron chi connectivity index (χ1n) is 10.8. The predicted octanol–water partition coefficient (Wildman–Crippen LogP) is 4.66. The number of esters is 1. The third-order valence-electron chi connectivity index (χ3n) is 5.02. The monoisotopic (exact) mass is 463 g/mol. The summed E-state index contributed by atoms with van der Waals surface area (Å²) in [5.74, 6) is -1.03. The summed E-state index contributed by atoms with van der Waals surface area (Å²) in [5, 5.41) is 17.1. The highest BCUT2D eigenvalue weighted by atomic mass is 16.5. The zero-order valence-electron chi connectivity index (χ0n) is 18.9. The van der Waals surface area contributed by atoms with Gasteiger partial charge in [0.25, 0.3) is 5.91 Å². The number of hydrogen-bond acceptors (Lipinski definition) is 6. The molecule has 35 heavy (non-hydrogen) atoms. The Hall–Kier alpha value is -5.03. The molecule has 1 amide bonds. The third kappa shape index (κ3) is 5.49. The number of ether oxygens (including phenoxy) is 1. The minimum absolute atomic E-state index is 0.0998. The lowest BCUT2D eigenvalue weighted by Gasteiger charge is -2.06. The van der Waals surface area contributed by atoms with Crippen LogP contribution in [0.15, 0.2) is 90.9 Å². The van der Waals surface area contributed by atoms with Crippen LogP contribution in [0.3, 0.4) is 0 Å². The Balaban J connectivity index is 1.64. The molecule has 0 aliphatic rings. The van der Waals surface area contributed by atoms with Crippen LogP contribution >= 0.6 is 0 Å². The van der Waals surface area contributed by atoms with E-state index in [9.17, 15) is 14.9 Å². The first-order chi connectivity index (χ1) is 17.1. The first kappa shape index (κ1) is 23.1. The number of hydrogen-bond donors (Lipinski definition) is 1. The second kappa shape index (κ2) is 10.7. The van der Waals surface area contributed by atoms with Crippen molar-refractivity contribution in [3.63, 3.8) is 0 Å². The van der Waals surface area contributed by atoms with Gasteiger partial charge in [-0.2, -0.15) is 10.4 Å². The van der Waals surface area contributed by atoms with Crippen molar-refractivity contribution in [2.24, 2.45) is 0 Å². The summed E-state index contributed by atoms with van der Waals surface area (Å²) in [7, 11) is 0. The maximum atomic E-state index is 12.9. The number of nitrogens with one attached hydrogen (secondary N) is 1. The number of rotatable bonds is 7. The lowest BCUT2D eigenvalue weighted by Crippen LogP contribution is -2.13. The first-order valence-corrected chi connectivity index (χ1v) is 10.8. The van der Waals surface area contributed by atoms with E-state index in [2.05, 4.69) is 15.4 Å². The zero-order chi connectivity index (χ0) is 24.6. The van der Waals surface area contributed by atoms with Gasteiger partial charge >= 0.3 is 5.97 Å². The van der Waals surface area contributed by atoms with E-state index in [-0.39, 0.29) is 12.2 Å². The van der Waals surface area contributed by atoms with Gasteiger partial charge in [0.05, 0.1) is 17.9 Å². The quantitative estimate of drug-likeness (QED) is 0.243. The number of carbonyl (C=O) groups is 2. The molecule has 0 bridgehead atoms. The molecule has 0 atom stereocenters. The van der Waals surface area contributed by atoms with E-state index in [0.29, 0.717) is 22.5 Å². The number of para-hydroxylation sites is 1. The van der Waals surface area contributed by atoms with Crippen LogP contribution in [-0.4, -0.2) is 33.2 Å². The van der Waals surface area contributed by atoms with Gasteiger partial charge in [0.2, 0.25) is 0 Å². The molecule has 1 N–H and O–H groups in total. The van der Waals surface area contributed by atoms with E-state index in [1.807, 2.05) is 42.5 Å². The minimum atomic E-state index is -0.582. The minimum Gasteiger partial charge on any atom is -0.462 e. The van der Waals surface area contributed by atoms with Gasteiger partial charge in [-0.05, 0) is 61.5 Å². The molecule has 4 aromatic rings. The van der Waals surface area contributed by atoms with Gasteiger partial charge in [0.1, 0.15) is 17.3 Å². The number of aromatic nitrogens is 3. The van der Waals surface area contributed by atoms with Crippen LogP contribution in [0, 0.1) is 11.3 Å². The topological polar surface area (TPSA) is 110 Å². The molecule has 0 spiro atoms. The van der Waals surface area contributed by atoms with Gasteiger partial charge in [-0.15, -0.1) is 0 Å². The Morgan fingerprint density at radius 2 is 1.86 bits per heavy atom. The number of benzene rings is 2. The molecular weight excluding hydrogens is 442 g/mol. The number of amides is 1. The summed E-state index contributed by atoms with van der Waals surface area (Å²) >= 11 is 0. The average Bonchev–Trinajstić information content (AvgIpc) is 3.32. The molecule has 0 saturated carbocycles. The smallest absolute Gasteiger partial charge is 0.338 e. The fourth-order valence-electron chi connectivity index (χ4n) is 3.34. The maximum absolute atomic E-state index is 12.9. The van der Waals surface area contributed by atoms with Gasteiger partial charge in [0, 0.05) is 35.4 Å². The largest absolute Gasteiger partial charge is 0.462 e. The van der Waals surface area contributed by atoms with Gasteiger partial charge in [-0.25, -0.2) is 9.48 Å². The highest BCUT2D eigenvalue weighted by molar-refractivity contribution is 6.10. The van der Waals surface area contributed by atoms with Crippen LogP contribution in [0.5, 0.6) is 0 Å². The van der Waals surface area contributed by atoms with Crippen molar-refractivity contribution in [1.29, 1.82) is 5.26 Å². The summed E-state index contributed by atoms with van der Waals surface area (Å²) in [4.78, 5) is 28.8. The Labute approximate surface area is 202 Å². The van der Waals surface area contributed by atoms with Crippen molar-refractivity contribution in [2.75, 3.05) is 11.9 Å². The number of nitriles is 1. The molecule has 0 saturated heterocycles. The molecule has 0 aliphatic heterocycles. The van der Waals surface area contributed by atoms with Crippen molar-refractivity contribution in [2.45, 2.75) is 6.92 Å². The normalized spacial score (nSPS) is 10.9. The van der Waals surface area contributed by atoms with Crippen LogP contribution in [-0.2, 0) is 9.53 Å². The van der Waals surface area contributed by atoms with Crippen molar-refractivity contribution >= 4 is 23.6 Å². The SMILES string of the molecule is CCOC(=O)c1ccc(NC(=O)/C(C#N)=C/c2cn(-c3ccccc3)nc2-c2cccnc2)cc1. The molecule has 0 aliphatic carbocycles. The van der Waals surface area contributed by atoms with E-state index in [1.54, 1.807) is 60.5 Å². The van der Waals surface area contributed by atoms with E-state index in [0.717, 1.165) is 11.3 Å². The van der Waals surface area contributed by atoms with Gasteiger partial charge in [0.15, 0.2) is 0 Å². The number of anilines is 1. The van der Waals surface area contributed by atoms with Crippen LogP contribution in [0.4, 0.5) is 5.69 Å². The van der Waals surface area contributed by atoms with Gasteiger partial charge in [-0.3, -0.25) is 9.78 Å². The van der Waals surface area contributed by atoms with Crippen LogP contribution in [0.1, 0.15) is 22.8 Å². The molecule has 8 nitrogen and oxygen atoms in total. The van der Waals surface area contributed by atoms with Crippen LogP contribution in [0.2, 0.25) is 0 Å². The fraction of sp³-hybridized carbons (Fsp3) is 0.0741. The average molecular weight is 463 g/mol. The number of pyridine rings is 1. The second-order valence-corrected chi connectivity index (χ2v) is 7.38. The standard InChI is InChI=1S/C27H21N5O3/c1-2-35-27(34)19-10-12-23(13-11-19)30-26(33)21(16-28)15-22-18-32(24-8-4-3-5-9-24)31-25(22)20-7-6-14-29-17-20/h3-15,17-18H,2H2,1H3,(H,30,33)/b21-15+. The van der Waals surface area contributed by atoms with Gasteiger partial charge < -0.3 is 10.1 Å². The summed E-state index contributed by atoms with van der Waals surface area (Å²) in [6.45, 7) is 2.00. The second-order valence-electron chi connectivity index (χ2n) is 7.38. The highest BCUT2D eigenvalue weighted by Gasteiger charge is 2.16. The summed E-state index contributed by atoms with van der Waals surface area (Å²) < 4.78 is 6.65. The molecule has 0 fully saturated rings. The Morgan fingerprint density at radius 3 is 2.51 bits per heavy atom. The summed E-state index contributed by atoms with van der Waals surface area (Å²) in [6, 6.07) is 21.4. The molecule has 4 rings (SSSR count). The van der Waals surface area contributed by atoms with Crippen LogP contribution < -0.4 is 5.32 Å². The third-order valence-corrected chi connectivity index (χ3v) is 5.02. The number of carbonyl (C=O) groups excluding carboxylic acids is 2. The number of nitrogens with zero attached hydrogens (tertiary/aromatic N) is 4. The Morgan fingerprint density at radius 1 is 1.09 bits per heavy atom. The van der Waals surface area contributed by atoms with Crippen molar-refractivity contribution in [1.82, 2.24) is 14.8 Å². The fourth-order valence-corrected chi connectivity index (χ4v) is 3.34. The van der Waals surface area contributed by atoms with E-state index in [1.165, 1.54) is 6.08 Å². The van der Waals surface area contributed by atoms with Gasteiger partial charge in [-0.1, -0.05) is 18.2 Å². The molecule has 0 unspecified atom stereocenters.